The molecule has 0 aromatic heterocycles. The molecule has 27 heavy (non-hydrogen) atoms. The summed E-state index contributed by atoms with van der Waals surface area (Å²) >= 11 is 3.17. The fraction of sp³-hybridized carbons (Fsp3) is 0.250. The van der Waals surface area contributed by atoms with Gasteiger partial charge in [0.1, 0.15) is 5.82 Å². The number of hydrogen-bond acceptors (Lipinski definition) is 4. The van der Waals surface area contributed by atoms with Gasteiger partial charge in [-0.1, -0.05) is 15.9 Å². The average molecular weight is 434 g/mol. The van der Waals surface area contributed by atoms with Crippen molar-refractivity contribution in [3.63, 3.8) is 0 Å². The second kappa shape index (κ2) is 7.60. The molecular weight excluding hydrogens is 417 g/mol. The Hall–Kier alpha value is -2.54. The lowest BCUT2D eigenvalue weighted by Gasteiger charge is -2.16. The van der Waals surface area contributed by atoms with E-state index in [-0.39, 0.29) is 17.3 Å². The highest BCUT2D eigenvalue weighted by atomic mass is 79.9. The molecule has 140 valence electrons. The van der Waals surface area contributed by atoms with Crippen molar-refractivity contribution in [1.29, 1.82) is 0 Å². The van der Waals surface area contributed by atoms with E-state index < -0.39 is 17.9 Å². The molecule has 1 amide bonds. The van der Waals surface area contributed by atoms with Crippen molar-refractivity contribution in [3.8, 4) is 0 Å². The van der Waals surface area contributed by atoms with Gasteiger partial charge in [-0.15, -0.1) is 0 Å². The van der Waals surface area contributed by atoms with Gasteiger partial charge in [0.25, 0.3) is 0 Å². The number of ether oxygens (including phenoxy) is 1. The minimum absolute atomic E-state index is 0.0498. The highest BCUT2D eigenvalue weighted by Gasteiger charge is 2.26. The van der Waals surface area contributed by atoms with Crippen molar-refractivity contribution in [3.05, 3.63) is 63.4 Å². The van der Waals surface area contributed by atoms with Gasteiger partial charge in [-0.3, -0.25) is 9.59 Å². The Labute approximate surface area is 164 Å². The summed E-state index contributed by atoms with van der Waals surface area (Å²) in [7, 11) is 0. The fourth-order valence-electron chi connectivity index (χ4n) is 3.05. The Morgan fingerprint density at radius 3 is 2.63 bits per heavy atom. The lowest BCUT2D eigenvalue weighted by molar-refractivity contribution is -0.116. The van der Waals surface area contributed by atoms with E-state index in [9.17, 15) is 18.8 Å². The van der Waals surface area contributed by atoms with Crippen LogP contribution in [-0.4, -0.2) is 30.3 Å². The molecular formula is C20H17BrFNO4. The fourth-order valence-corrected chi connectivity index (χ4v) is 3.41. The number of carbonyl (C=O) groups excluding carboxylic acids is 3. The summed E-state index contributed by atoms with van der Waals surface area (Å²) in [6.07, 6.45) is -0.410. The van der Waals surface area contributed by atoms with Crippen molar-refractivity contribution in [2.45, 2.75) is 26.4 Å². The number of hydrogen-bond donors (Lipinski definition) is 0. The van der Waals surface area contributed by atoms with E-state index in [1.165, 1.54) is 26.0 Å². The molecule has 2 aromatic carbocycles. The number of ketones is 1. The zero-order chi connectivity index (χ0) is 19.7. The first-order chi connectivity index (χ1) is 12.8. The van der Waals surface area contributed by atoms with Crippen LogP contribution in [-0.2, 0) is 16.0 Å². The van der Waals surface area contributed by atoms with E-state index in [0.29, 0.717) is 23.0 Å². The molecule has 1 aliphatic rings. The quantitative estimate of drug-likeness (QED) is 0.541. The Morgan fingerprint density at radius 1 is 1.19 bits per heavy atom. The molecule has 0 bridgehead atoms. The smallest absolute Gasteiger partial charge is 0.341 e. The van der Waals surface area contributed by atoms with Crippen molar-refractivity contribution < 1.29 is 23.5 Å². The molecule has 0 N–H and O–H groups in total. The van der Waals surface area contributed by atoms with Gasteiger partial charge in [0.2, 0.25) is 11.7 Å². The summed E-state index contributed by atoms with van der Waals surface area (Å²) in [6.45, 7) is 3.52. The largest absolute Gasteiger partial charge is 0.451 e. The van der Waals surface area contributed by atoms with Crippen molar-refractivity contribution in [2.75, 3.05) is 11.4 Å². The third-order valence-corrected chi connectivity index (χ3v) is 4.93. The second-order valence-corrected chi connectivity index (χ2v) is 7.22. The Kier molecular flexibility index (Phi) is 5.41. The zero-order valence-corrected chi connectivity index (χ0v) is 16.4. The van der Waals surface area contributed by atoms with Crippen LogP contribution in [0.1, 0.15) is 40.1 Å². The van der Waals surface area contributed by atoms with Gasteiger partial charge >= 0.3 is 5.97 Å². The SMILES string of the molecule is CC(=O)N1CCc2cc(C(=O)C(C)OC(=O)c3cc(Br)ccc3F)ccc21. The molecule has 0 spiro atoms. The number of Topliss-reactive ketones (excluding diaryl/α,β-unsaturated/α-hetero) is 1. The van der Waals surface area contributed by atoms with Crippen LogP contribution in [0, 0.1) is 5.82 Å². The number of halogens is 2. The molecule has 1 unspecified atom stereocenters. The third kappa shape index (κ3) is 3.93. The standard InChI is InChI=1S/C20H17BrFNO4/c1-11(27-20(26)16-10-15(21)4-5-17(16)22)19(25)14-3-6-18-13(9-14)7-8-23(18)12(2)24/h3-6,9-11H,7-8H2,1-2H3. The Bertz CT molecular complexity index is 944. The van der Waals surface area contributed by atoms with Gasteiger partial charge in [-0.05, 0) is 55.3 Å². The van der Waals surface area contributed by atoms with E-state index in [4.69, 9.17) is 4.74 Å². The lowest BCUT2D eigenvalue weighted by Crippen LogP contribution is -2.26. The number of fused-ring (bicyclic) bond motifs is 1. The predicted octanol–water partition coefficient (Wildman–Crippen LogP) is 3.93. The molecule has 2 aromatic rings. The van der Waals surface area contributed by atoms with Gasteiger partial charge in [0.15, 0.2) is 6.10 Å². The molecule has 7 heteroatoms. The first-order valence-corrected chi connectivity index (χ1v) is 9.18. The number of benzene rings is 2. The minimum atomic E-state index is -1.07. The highest BCUT2D eigenvalue weighted by Crippen LogP contribution is 2.29. The van der Waals surface area contributed by atoms with Crippen molar-refractivity contribution in [2.24, 2.45) is 0 Å². The highest BCUT2D eigenvalue weighted by molar-refractivity contribution is 9.10. The molecule has 0 radical (unpaired) electrons. The normalized spacial score (nSPS) is 13.9. The number of rotatable bonds is 4. The molecule has 1 heterocycles. The van der Waals surface area contributed by atoms with Crippen LogP contribution in [0.2, 0.25) is 0 Å². The second-order valence-electron chi connectivity index (χ2n) is 6.30. The molecule has 0 aliphatic carbocycles. The summed E-state index contributed by atoms with van der Waals surface area (Å²) in [5.74, 6) is -2.06. The van der Waals surface area contributed by atoms with Crippen molar-refractivity contribution >= 4 is 39.3 Å². The van der Waals surface area contributed by atoms with E-state index in [1.807, 2.05) is 0 Å². The van der Waals surface area contributed by atoms with Crippen LogP contribution < -0.4 is 4.90 Å². The summed E-state index contributed by atoms with van der Waals surface area (Å²) in [4.78, 5) is 38.1. The van der Waals surface area contributed by atoms with Gasteiger partial charge < -0.3 is 9.64 Å². The molecule has 0 saturated heterocycles. The van der Waals surface area contributed by atoms with Crippen LogP contribution in [0.25, 0.3) is 0 Å². The molecule has 0 fully saturated rings. The number of nitrogens with zero attached hydrogens (tertiary/aromatic N) is 1. The summed E-state index contributed by atoms with van der Waals surface area (Å²) in [6, 6.07) is 8.96. The Balaban J connectivity index is 1.75. The van der Waals surface area contributed by atoms with E-state index in [0.717, 1.165) is 17.3 Å². The number of carbonyl (C=O) groups is 3. The predicted molar refractivity (Wildman–Crippen MR) is 101 cm³/mol. The third-order valence-electron chi connectivity index (χ3n) is 4.44. The zero-order valence-electron chi connectivity index (χ0n) is 14.8. The molecule has 0 saturated carbocycles. The molecule has 5 nitrogen and oxygen atoms in total. The monoisotopic (exact) mass is 433 g/mol. The number of amides is 1. The molecule has 3 rings (SSSR count). The van der Waals surface area contributed by atoms with Crippen LogP contribution >= 0.6 is 15.9 Å². The maximum absolute atomic E-state index is 13.8. The van der Waals surface area contributed by atoms with Gasteiger partial charge in [-0.25, -0.2) is 9.18 Å². The molecule has 1 aliphatic heterocycles. The van der Waals surface area contributed by atoms with Crippen molar-refractivity contribution in [1.82, 2.24) is 0 Å². The van der Waals surface area contributed by atoms with Gasteiger partial charge in [-0.2, -0.15) is 0 Å². The first-order valence-electron chi connectivity index (χ1n) is 8.39. The Morgan fingerprint density at radius 2 is 1.93 bits per heavy atom. The van der Waals surface area contributed by atoms with E-state index >= 15 is 0 Å². The average Bonchev–Trinajstić information content (AvgIpc) is 3.06. The topological polar surface area (TPSA) is 63.7 Å². The number of anilines is 1. The minimum Gasteiger partial charge on any atom is -0.451 e. The maximum atomic E-state index is 13.8. The molecule has 1 atom stereocenters. The van der Waals surface area contributed by atoms with Crippen LogP contribution in [0.15, 0.2) is 40.9 Å². The van der Waals surface area contributed by atoms with Gasteiger partial charge in [0, 0.05) is 29.2 Å². The summed E-state index contributed by atoms with van der Waals surface area (Å²) in [5, 5.41) is 0. The number of esters is 1. The van der Waals surface area contributed by atoms with Gasteiger partial charge in [0.05, 0.1) is 5.56 Å². The summed E-state index contributed by atoms with van der Waals surface area (Å²) in [5.41, 5.74) is 1.83. The summed E-state index contributed by atoms with van der Waals surface area (Å²) < 4.78 is 19.5. The first kappa shape index (κ1) is 19.2. The van der Waals surface area contributed by atoms with Crippen LogP contribution in [0.3, 0.4) is 0 Å². The van der Waals surface area contributed by atoms with Crippen LogP contribution in [0.4, 0.5) is 10.1 Å². The van der Waals surface area contributed by atoms with E-state index in [2.05, 4.69) is 15.9 Å². The van der Waals surface area contributed by atoms with E-state index in [1.54, 1.807) is 23.1 Å². The lowest BCUT2D eigenvalue weighted by atomic mass is 10.0. The maximum Gasteiger partial charge on any atom is 0.341 e. The van der Waals surface area contributed by atoms with Crippen LogP contribution in [0.5, 0.6) is 0 Å².